The molecule has 0 heterocycles. The average molecular weight is 660 g/mol. The van der Waals surface area contributed by atoms with Gasteiger partial charge in [0.25, 0.3) is 0 Å². The fraction of sp³-hybridized carbons (Fsp3) is 0.829. The molecule has 0 aliphatic carbocycles. The number of phosphoric ester groups is 1. The molecule has 45 heavy (non-hydrogen) atoms. The number of hydrogen-bond acceptors (Lipinski definition) is 7. The van der Waals surface area contributed by atoms with Gasteiger partial charge in [-0.2, -0.15) is 0 Å². The quantitative estimate of drug-likeness (QED) is 0.0276. The van der Waals surface area contributed by atoms with Crippen LogP contribution in [0, 0.1) is 0 Å². The number of carbonyl (C=O) groups is 2. The summed E-state index contributed by atoms with van der Waals surface area (Å²) in [4.78, 5) is 33.6. The predicted molar refractivity (Wildman–Crippen MR) is 183 cm³/mol. The van der Waals surface area contributed by atoms with E-state index >= 15 is 0 Å². The summed E-state index contributed by atoms with van der Waals surface area (Å²) in [6, 6.07) is 0. The Labute approximate surface area is 274 Å². The molecule has 0 aliphatic rings. The largest absolute Gasteiger partial charge is 0.472 e. The number of amides is 1. The minimum absolute atomic E-state index is 0.0815. The van der Waals surface area contributed by atoms with Gasteiger partial charge < -0.3 is 20.1 Å². The molecule has 0 rings (SSSR count). The Morgan fingerprint density at radius 1 is 0.689 bits per heavy atom. The molecule has 0 radical (unpaired) electrons. The van der Waals surface area contributed by atoms with E-state index in [1.54, 1.807) is 0 Å². The van der Waals surface area contributed by atoms with Crippen LogP contribution in [-0.4, -0.2) is 54.3 Å². The molecule has 0 aromatic carbocycles. The Bertz CT molecular complexity index is 805. The van der Waals surface area contributed by atoms with Crippen LogP contribution in [0.15, 0.2) is 24.3 Å². The lowest BCUT2D eigenvalue weighted by molar-refractivity contribution is -0.147. The van der Waals surface area contributed by atoms with Crippen molar-refractivity contribution in [3.05, 3.63) is 24.3 Å². The normalized spacial score (nSPS) is 13.8. The summed E-state index contributed by atoms with van der Waals surface area (Å²) >= 11 is 0. The van der Waals surface area contributed by atoms with Gasteiger partial charge in [0, 0.05) is 19.4 Å². The first kappa shape index (κ1) is 43.5. The van der Waals surface area contributed by atoms with E-state index in [-0.39, 0.29) is 32.1 Å². The number of rotatable bonds is 33. The van der Waals surface area contributed by atoms with Gasteiger partial charge in [0.15, 0.2) is 0 Å². The first-order valence-electron chi connectivity index (χ1n) is 17.8. The maximum atomic E-state index is 12.0. The highest BCUT2D eigenvalue weighted by atomic mass is 31.2. The first-order chi connectivity index (χ1) is 21.8. The summed E-state index contributed by atoms with van der Waals surface area (Å²) in [5, 5.41) is 12.6. The van der Waals surface area contributed by atoms with Crippen molar-refractivity contribution in [3.8, 4) is 0 Å². The van der Waals surface area contributed by atoms with Gasteiger partial charge in [-0.15, -0.1) is 0 Å². The number of allylic oxidation sites excluding steroid dienone is 4. The maximum absolute atomic E-state index is 12.0. The second-order valence-corrected chi connectivity index (χ2v) is 13.3. The fourth-order valence-electron chi connectivity index (χ4n) is 4.64. The molecular formula is C35H66NO8P. The molecule has 0 aromatic heterocycles. The second-order valence-electron chi connectivity index (χ2n) is 11.8. The molecule has 2 unspecified atom stereocenters. The van der Waals surface area contributed by atoms with Crippen LogP contribution in [0.5, 0.6) is 0 Å². The van der Waals surface area contributed by atoms with E-state index in [0.717, 1.165) is 64.2 Å². The number of hydrogen-bond donors (Lipinski definition) is 3. The molecule has 10 heteroatoms. The molecule has 3 N–H and O–H groups in total. The lowest BCUT2D eigenvalue weighted by Crippen LogP contribution is -2.27. The zero-order valence-electron chi connectivity index (χ0n) is 28.6. The van der Waals surface area contributed by atoms with E-state index in [0.29, 0.717) is 6.42 Å². The minimum atomic E-state index is -4.40. The van der Waals surface area contributed by atoms with Gasteiger partial charge >= 0.3 is 13.8 Å². The fourth-order valence-corrected chi connectivity index (χ4v) is 5.40. The number of aliphatic hydroxyl groups excluding tert-OH is 1. The molecule has 9 nitrogen and oxygen atoms in total. The summed E-state index contributed by atoms with van der Waals surface area (Å²) in [5.41, 5.74) is 0. The molecule has 1 amide bonds. The Morgan fingerprint density at radius 2 is 1.20 bits per heavy atom. The highest BCUT2D eigenvalue weighted by Gasteiger charge is 2.23. The lowest BCUT2D eigenvalue weighted by Gasteiger charge is -2.15. The van der Waals surface area contributed by atoms with Crippen LogP contribution in [0.3, 0.4) is 0 Å². The van der Waals surface area contributed by atoms with E-state index in [9.17, 15) is 24.2 Å². The van der Waals surface area contributed by atoms with Crippen LogP contribution in [-0.2, 0) is 27.9 Å². The number of ether oxygens (including phenoxy) is 1. The molecule has 0 aliphatic heterocycles. The molecule has 0 fully saturated rings. The van der Waals surface area contributed by atoms with Crippen molar-refractivity contribution in [1.82, 2.24) is 5.32 Å². The van der Waals surface area contributed by atoms with E-state index in [4.69, 9.17) is 13.8 Å². The van der Waals surface area contributed by atoms with Crippen LogP contribution in [0.2, 0.25) is 0 Å². The summed E-state index contributed by atoms with van der Waals surface area (Å²) in [6.07, 6.45) is 31.1. The highest BCUT2D eigenvalue weighted by molar-refractivity contribution is 7.47. The SMILES string of the molecule is CCCCCC/C=C\C/C=C\CCCCCCCC(=O)OCC(O)COP(=O)(O)OCCNC(=O)CCCCCCCCCC. The summed E-state index contributed by atoms with van der Waals surface area (Å²) in [7, 11) is -4.40. The molecule has 2 atom stereocenters. The highest BCUT2D eigenvalue weighted by Crippen LogP contribution is 2.42. The number of nitrogens with one attached hydrogen (secondary N) is 1. The Balaban J connectivity index is 3.66. The van der Waals surface area contributed by atoms with Gasteiger partial charge in [-0.3, -0.25) is 18.6 Å². The summed E-state index contributed by atoms with van der Waals surface area (Å²) < 4.78 is 26.6. The van der Waals surface area contributed by atoms with E-state index < -0.39 is 26.5 Å². The number of esters is 1. The van der Waals surface area contributed by atoms with Crippen molar-refractivity contribution in [3.63, 3.8) is 0 Å². The molecule has 0 saturated carbocycles. The summed E-state index contributed by atoms with van der Waals surface area (Å²) in [5.74, 6) is -0.535. The molecule has 264 valence electrons. The number of phosphoric acid groups is 1. The van der Waals surface area contributed by atoms with Crippen molar-refractivity contribution >= 4 is 19.7 Å². The van der Waals surface area contributed by atoms with Crippen LogP contribution < -0.4 is 5.32 Å². The van der Waals surface area contributed by atoms with Gasteiger partial charge in [-0.25, -0.2) is 4.57 Å². The average Bonchev–Trinajstić information content (AvgIpc) is 3.02. The number of unbranched alkanes of at least 4 members (excludes halogenated alkanes) is 16. The van der Waals surface area contributed by atoms with E-state index in [1.807, 2.05) is 0 Å². The summed E-state index contributed by atoms with van der Waals surface area (Å²) in [6.45, 7) is 3.47. The zero-order chi connectivity index (χ0) is 33.3. The van der Waals surface area contributed by atoms with Crippen LogP contribution in [0.25, 0.3) is 0 Å². The van der Waals surface area contributed by atoms with Gasteiger partial charge in [-0.1, -0.05) is 122 Å². The molecule has 0 aromatic rings. The van der Waals surface area contributed by atoms with Crippen molar-refractivity contribution in [1.29, 1.82) is 0 Å². The second kappa shape index (κ2) is 32.4. The first-order valence-corrected chi connectivity index (χ1v) is 19.3. The smallest absolute Gasteiger partial charge is 0.463 e. The molecule has 0 spiro atoms. The molecule has 0 bridgehead atoms. The van der Waals surface area contributed by atoms with Crippen molar-refractivity contribution in [2.75, 3.05) is 26.4 Å². The number of aliphatic hydroxyl groups is 1. The Hall–Kier alpha value is -1.51. The van der Waals surface area contributed by atoms with Crippen LogP contribution >= 0.6 is 7.82 Å². The van der Waals surface area contributed by atoms with Crippen LogP contribution in [0.4, 0.5) is 0 Å². The van der Waals surface area contributed by atoms with E-state index in [1.165, 1.54) is 64.2 Å². The van der Waals surface area contributed by atoms with Gasteiger partial charge in [0.1, 0.15) is 12.7 Å². The van der Waals surface area contributed by atoms with E-state index in [2.05, 4.69) is 43.5 Å². The third-order valence-electron chi connectivity index (χ3n) is 7.38. The standard InChI is InChI=1S/C35H66NO8P/c1-3-5-7-9-11-13-14-15-16-17-18-19-20-22-24-26-28-35(39)42-31-33(37)32-44-45(40,41)43-30-29-36-34(38)27-25-23-21-12-10-8-6-4-2/h13-14,16-17,33,37H,3-12,15,18-32H2,1-2H3,(H,36,38)(H,40,41)/b14-13-,17-16-. The topological polar surface area (TPSA) is 131 Å². The van der Waals surface area contributed by atoms with Crippen molar-refractivity contribution < 1.29 is 37.9 Å². The van der Waals surface area contributed by atoms with Crippen molar-refractivity contribution in [2.24, 2.45) is 0 Å². The predicted octanol–water partition coefficient (Wildman–Crippen LogP) is 8.87. The van der Waals surface area contributed by atoms with Crippen molar-refractivity contribution in [2.45, 2.75) is 161 Å². The van der Waals surface area contributed by atoms with Crippen LogP contribution in [0.1, 0.15) is 155 Å². The minimum Gasteiger partial charge on any atom is -0.463 e. The monoisotopic (exact) mass is 659 g/mol. The lowest BCUT2D eigenvalue weighted by atomic mass is 10.1. The Kier molecular flexibility index (Phi) is 31.3. The molecule has 0 saturated heterocycles. The van der Waals surface area contributed by atoms with Gasteiger partial charge in [0.2, 0.25) is 5.91 Å². The Morgan fingerprint density at radius 3 is 1.80 bits per heavy atom. The molecular weight excluding hydrogens is 593 g/mol. The third kappa shape index (κ3) is 33.7. The number of carbonyl (C=O) groups excluding carboxylic acids is 2. The maximum Gasteiger partial charge on any atom is 0.472 e. The van der Waals surface area contributed by atoms with Gasteiger partial charge in [-0.05, 0) is 44.9 Å². The third-order valence-corrected chi connectivity index (χ3v) is 8.37. The van der Waals surface area contributed by atoms with Gasteiger partial charge in [0.05, 0.1) is 13.2 Å². The zero-order valence-corrected chi connectivity index (χ0v) is 29.5.